The quantitative estimate of drug-likeness (QED) is 0.589. The average molecular weight is 455 g/mol. The van der Waals surface area contributed by atoms with Gasteiger partial charge in [-0.3, -0.25) is 19.0 Å². The molecule has 33 heavy (non-hydrogen) atoms. The maximum Gasteiger partial charge on any atom is 0.322 e. The van der Waals surface area contributed by atoms with Gasteiger partial charge in [-0.15, -0.1) is 0 Å². The van der Waals surface area contributed by atoms with Crippen LogP contribution >= 0.6 is 0 Å². The number of aryl methyl sites for hydroxylation is 1. The zero-order chi connectivity index (χ0) is 23.9. The van der Waals surface area contributed by atoms with Crippen molar-refractivity contribution >= 4 is 22.9 Å². The maximum absolute atomic E-state index is 14.3. The van der Waals surface area contributed by atoms with E-state index in [1.807, 2.05) is 0 Å². The minimum atomic E-state index is -3.08. The SMILES string of the molecule is Cn1c(=O)c(C(=O)NCC(=O)O)c(C2CCC2)c2cc(-c3ccccc3C(C)(F)F)cnc21. The normalized spacial score (nSPS) is 14.2. The van der Waals surface area contributed by atoms with Crippen molar-refractivity contribution in [2.45, 2.75) is 38.0 Å². The highest BCUT2D eigenvalue weighted by molar-refractivity contribution is 6.01. The largest absolute Gasteiger partial charge is 0.480 e. The summed E-state index contributed by atoms with van der Waals surface area (Å²) in [4.78, 5) is 41.3. The fourth-order valence-electron chi connectivity index (χ4n) is 4.29. The number of aliphatic carboxylic acids is 1. The van der Waals surface area contributed by atoms with Crippen LogP contribution in [0.2, 0.25) is 0 Å². The highest BCUT2D eigenvalue weighted by atomic mass is 19.3. The number of carbonyl (C=O) groups excluding carboxylic acids is 1. The summed E-state index contributed by atoms with van der Waals surface area (Å²) in [5, 5.41) is 11.7. The van der Waals surface area contributed by atoms with Gasteiger partial charge < -0.3 is 10.4 Å². The highest BCUT2D eigenvalue weighted by Crippen LogP contribution is 2.42. The van der Waals surface area contributed by atoms with Gasteiger partial charge in [0.25, 0.3) is 17.4 Å². The standard InChI is InChI=1S/C24H23F2N3O4/c1-24(25,26)17-9-4-3-8-15(17)14-10-16-19(13-6-5-7-13)20(22(32)28-12-18(30)31)23(33)29(2)21(16)27-11-14/h3-4,8-11,13H,5-7,12H2,1-2H3,(H,28,32)(H,30,31). The Balaban J connectivity index is 1.99. The molecule has 3 aromatic rings. The number of rotatable bonds is 6. The molecule has 0 aliphatic heterocycles. The Labute approximate surface area is 188 Å². The Morgan fingerprint density at radius 3 is 2.58 bits per heavy atom. The molecule has 2 N–H and O–H groups in total. The number of aromatic nitrogens is 2. The second-order valence-electron chi connectivity index (χ2n) is 8.39. The molecular formula is C24H23F2N3O4. The summed E-state index contributed by atoms with van der Waals surface area (Å²) < 4.78 is 29.7. The van der Waals surface area contributed by atoms with Gasteiger partial charge in [0.05, 0.1) is 0 Å². The molecule has 7 nitrogen and oxygen atoms in total. The second kappa shape index (κ2) is 8.38. The van der Waals surface area contributed by atoms with Crippen LogP contribution in [0.5, 0.6) is 0 Å². The first-order valence-corrected chi connectivity index (χ1v) is 10.6. The van der Waals surface area contributed by atoms with E-state index in [9.17, 15) is 23.2 Å². The minimum Gasteiger partial charge on any atom is -0.480 e. The van der Waals surface area contributed by atoms with E-state index in [0.717, 1.165) is 26.2 Å². The lowest BCUT2D eigenvalue weighted by atomic mass is 9.77. The number of pyridine rings is 2. The Hall–Kier alpha value is -3.62. The van der Waals surface area contributed by atoms with Crippen LogP contribution in [0.3, 0.4) is 0 Å². The molecule has 0 radical (unpaired) electrons. The summed E-state index contributed by atoms with van der Waals surface area (Å²) in [5.41, 5.74) is 0.733. The Kier molecular flexibility index (Phi) is 5.73. The van der Waals surface area contributed by atoms with Gasteiger partial charge in [0.2, 0.25) is 0 Å². The van der Waals surface area contributed by atoms with Crippen LogP contribution in [0, 0.1) is 0 Å². The van der Waals surface area contributed by atoms with Gasteiger partial charge in [-0.1, -0.05) is 30.7 Å². The van der Waals surface area contributed by atoms with Crippen molar-refractivity contribution in [2.24, 2.45) is 7.05 Å². The molecule has 1 amide bonds. The Morgan fingerprint density at radius 2 is 1.97 bits per heavy atom. The van der Waals surface area contributed by atoms with E-state index in [-0.39, 0.29) is 17.0 Å². The Morgan fingerprint density at radius 1 is 1.27 bits per heavy atom. The summed E-state index contributed by atoms with van der Waals surface area (Å²) in [6, 6.07) is 7.83. The molecule has 1 aliphatic rings. The number of amides is 1. The van der Waals surface area contributed by atoms with Crippen LogP contribution in [-0.4, -0.2) is 33.1 Å². The van der Waals surface area contributed by atoms with Crippen molar-refractivity contribution in [1.29, 1.82) is 0 Å². The maximum atomic E-state index is 14.3. The topological polar surface area (TPSA) is 101 Å². The van der Waals surface area contributed by atoms with E-state index in [1.54, 1.807) is 24.3 Å². The van der Waals surface area contributed by atoms with E-state index in [2.05, 4.69) is 10.3 Å². The van der Waals surface area contributed by atoms with Crippen molar-refractivity contribution in [3.05, 3.63) is 63.6 Å². The number of fused-ring (bicyclic) bond motifs is 1. The zero-order valence-corrected chi connectivity index (χ0v) is 18.2. The molecule has 2 aromatic heterocycles. The molecule has 1 aromatic carbocycles. The third kappa shape index (κ3) is 4.10. The van der Waals surface area contributed by atoms with Crippen molar-refractivity contribution < 1.29 is 23.5 Å². The lowest BCUT2D eigenvalue weighted by Gasteiger charge is -2.29. The molecule has 0 unspecified atom stereocenters. The summed E-state index contributed by atoms with van der Waals surface area (Å²) >= 11 is 0. The van der Waals surface area contributed by atoms with Crippen LogP contribution < -0.4 is 10.9 Å². The Bertz CT molecular complexity index is 1320. The van der Waals surface area contributed by atoms with E-state index < -0.39 is 29.9 Å². The zero-order valence-electron chi connectivity index (χ0n) is 18.2. The van der Waals surface area contributed by atoms with Crippen LogP contribution in [0.15, 0.2) is 41.3 Å². The van der Waals surface area contributed by atoms with Gasteiger partial charge in [-0.05, 0) is 36.0 Å². The molecule has 1 aliphatic carbocycles. The lowest BCUT2D eigenvalue weighted by Crippen LogP contribution is -2.37. The van der Waals surface area contributed by atoms with E-state index in [4.69, 9.17) is 5.11 Å². The molecule has 0 bridgehead atoms. The fraction of sp³-hybridized carbons (Fsp3) is 0.333. The minimum absolute atomic E-state index is 0.0770. The first-order valence-electron chi connectivity index (χ1n) is 10.6. The first-order chi connectivity index (χ1) is 15.6. The van der Waals surface area contributed by atoms with Gasteiger partial charge >= 0.3 is 5.97 Å². The van der Waals surface area contributed by atoms with E-state index in [1.165, 1.54) is 23.9 Å². The lowest BCUT2D eigenvalue weighted by molar-refractivity contribution is -0.135. The number of nitrogens with one attached hydrogen (secondary N) is 1. The number of benzene rings is 1. The molecule has 1 saturated carbocycles. The molecule has 172 valence electrons. The summed E-state index contributed by atoms with van der Waals surface area (Å²) in [5.74, 6) is -5.15. The molecule has 4 rings (SSSR count). The highest BCUT2D eigenvalue weighted by Gasteiger charge is 2.32. The van der Waals surface area contributed by atoms with Crippen molar-refractivity contribution in [3.63, 3.8) is 0 Å². The fourth-order valence-corrected chi connectivity index (χ4v) is 4.29. The van der Waals surface area contributed by atoms with Crippen LogP contribution in [0.25, 0.3) is 22.2 Å². The van der Waals surface area contributed by atoms with Crippen molar-refractivity contribution in [2.75, 3.05) is 6.54 Å². The van der Waals surface area contributed by atoms with Crippen molar-refractivity contribution in [1.82, 2.24) is 14.9 Å². The monoisotopic (exact) mass is 455 g/mol. The molecule has 1 fully saturated rings. The number of carboxylic acids is 1. The third-order valence-electron chi connectivity index (χ3n) is 6.11. The molecule has 0 spiro atoms. The number of hydrogen-bond acceptors (Lipinski definition) is 4. The first kappa shape index (κ1) is 22.6. The molecule has 0 saturated heterocycles. The summed E-state index contributed by atoms with van der Waals surface area (Å²) in [6.07, 6.45) is 3.89. The summed E-state index contributed by atoms with van der Waals surface area (Å²) in [7, 11) is 1.48. The molecule has 2 heterocycles. The van der Waals surface area contributed by atoms with Crippen LogP contribution in [0.4, 0.5) is 8.78 Å². The predicted molar refractivity (Wildman–Crippen MR) is 119 cm³/mol. The number of halogens is 2. The third-order valence-corrected chi connectivity index (χ3v) is 6.11. The van der Waals surface area contributed by atoms with Gasteiger partial charge in [-0.2, -0.15) is 0 Å². The van der Waals surface area contributed by atoms with Crippen molar-refractivity contribution in [3.8, 4) is 11.1 Å². The smallest absolute Gasteiger partial charge is 0.322 e. The van der Waals surface area contributed by atoms with Crippen LogP contribution in [0.1, 0.15) is 53.6 Å². The molecular weight excluding hydrogens is 432 g/mol. The average Bonchev–Trinajstić information content (AvgIpc) is 2.73. The van der Waals surface area contributed by atoms with E-state index in [0.29, 0.717) is 27.7 Å². The van der Waals surface area contributed by atoms with Gasteiger partial charge in [0.1, 0.15) is 17.8 Å². The second-order valence-corrected chi connectivity index (χ2v) is 8.39. The number of hydrogen-bond donors (Lipinski definition) is 2. The summed E-state index contributed by atoms with van der Waals surface area (Å²) in [6.45, 7) is 0.204. The molecule has 9 heteroatoms. The number of carbonyl (C=O) groups is 2. The van der Waals surface area contributed by atoms with Gasteiger partial charge in [0, 0.05) is 36.7 Å². The number of nitrogens with zero attached hydrogens (tertiary/aromatic N) is 2. The van der Waals surface area contributed by atoms with E-state index >= 15 is 0 Å². The van der Waals surface area contributed by atoms with Crippen LogP contribution in [-0.2, 0) is 17.8 Å². The molecule has 0 atom stereocenters. The van der Waals surface area contributed by atoms with Gasteiger partial charge in [0.15, 0.2) is 0 Å². The number of carboxylic acid groups (broad SMARTS) is 1. The predicted octanol–water partition coefficient (Wildman–Crippen LogP) is 3.79. The van der Waals surface area contributed by atoms with Gasteiger partial charge in [-0.25, -0.2) is 13.8 Å². The number of alkyl halides is 2.